The average molecular weight is 342 g/mol. The molecular formula is C20H26N2O3. The predicted octanol–water partition coefficient (Wildman–Crippen LogP) is 2.84. The van der Waals surface area contributed by atoms with Gasteiger partial charge < -0.3 is 14.8 Å². The summed E-state index contributed by atoms with van der Waals surface area (Å²) in [5.41, 5.74) is 2.18. The van der Waals surface area contributed by atoms with E-state index >= 15 is 0 Å². The molecule has 0 fully saturated rings. The monoisotopic (exact) mass is 342 g/mol. The summed E-state index contributed by atoms with van der Waals surface area (Å²) in [5, 5.41) is 2.98. The molecular weight excluding hydrogens is 316 g/mol. The van der Waals surface area contributed by atoms with Gasteiger partial charge in [0.1, 0.15) is 11.5 Å². The molecule has 1 amide bonds. The van der Waals surface area contributed by atoms with E-state index in [9.17, 15) is 4.79 Å². The topological polar surface area (TPSA) is 50.8 Å². The lowest BCUT2D eigenvalue weighted by Crippen LogP contribution is -2.42. The summed E-state index contributed by atoms with van der Waals surface area (Å²) in [4.78, 5) is 14.4. The van der Waals surface area contributed by atoms with Crippen LogP contribution in [0.4, 0.5) is 0 Å². The third kappa shape index (κ3) is 5.50. The molecule has 5 heteroatoms. The highest BCUT2D eigenvalue weighted by Gasteiger charge is 2.17. The zero-order valence-corrected chi connectivity index (χ0v) is 15.3. The predicted molar refractivity (Wildman–Crippen MR) is 98.8 cm³/mol. The number of carbonyl (C=O) groups excluding carboxylic acids is 1. The van der Waals surface area contributed by atoms with Gasteiger partial charge in [-0.1, -0.05) is 24.3 Å². The Morgan fingerprint density at radius 2 is 1.44 bits per heavy atom. The molecule has 2 aromatic rings. The number of ether oxygens (including phenoxy) is 2. The first-order valence-corrected chi connectivity index (χ1v) is 8.27. The van der Waals surface area contributed by atoms with E-state index in [1.165, 1.54) is 0 Å². The molecule has 2 aromatic carbocycles. The van der Waals surface area contributed by atoms with Crippen molar-refractivity contribution in [3.05, 3.63) is 59.7 Å². The Morgan fingerprint density at radius 1 is 0.960 bits per heavy atom. The maximum atomic E-state index is 12.4. The summed E-state index contributed by atoms with van der Waals surface area (Å²) in [6.07, 6.45) is 0. The SMILES string of the molecule is COc1ccc(CNC(=O)[C@H](C)N(C)Cc2ccc(OC)cc2)cc1. The van der Waals surface area contributed by atoms with Gasteiger partial charge in [0.25, 0.3) is 0 Å². The Bertz CT molecular complexity index is 668. The highest BCUT2D eigenvalue weighted by Crippen LogP contribution is 2.14. The lowest BCUT2D eigenvalue weighted by atomic mass is 10.1. The van der Waals surface area contributed by atoms with Crippen LogP contribution in [0, 0.1) is 0 Å². The molecule has 0 heterocycles. The minimum absolute atomic E-state index is 0.00632. The van der Waals surface area contributed by atoms with Gasteiger partial charge in [0.2, 0.25) is 5.91 Å². The Labute approximate surface area is 149 Å². The molecule has 0 aliphatic heterocycles. The number of amides is 1. The van der Waals surface area contributed by atoms with Crippen molar-refractivity contribution in [1.29, 1.82) is 0 Å². The van der Waals surface area contributed by atoms with E-state index in [1.807, 2.05) is 67.4 Å². The Morgan fingerprint density at radius 3 is 1.92 bits per heavy atom. The summed E-state index contributed by atoms with van der Waals surface area (Å²) in [6.45, 7) is 3.11. The van der Waals surface area contributed by atoms with Gasteiger partial charge in [-0.15, -0.1) is 0 Å². The van der Waals surface area contributed by atoms with Crippen molar-refractivity contribution in [3.8, 4) is 11.5 Å². The van der Waals surface area contributed by atoms with Crippen LogP contribution in [0.15, 0.2) is 48.5 Å². The van der Waals surface area contributed by atoms with Crippen molar-refractivity contribution in [2.45, 2.75) is 26.1 Å². The van der Waals surface area contributed by atoms with Gasteiger partial charge in [-0.05, 0) is 49.4 Å². The van der Waals surface area contributed by atoms with E-state index in [0.29, 0.717) is 13.1 Å². The largest absolute Gasteiger partial charge is 0.497 e. The number of nitrogens with one attached hydrogen (secondary N) is 1. The molecule has 25 heavy (non-hydrogen) atoms. The van der Waals surface area contributed by atoms with Crippen LogP contribution in [-0.4, -0.2) is 38.1 Å². The van der Waals surface area contributed by atoms with Crippen molar-refractivity contribution in [2.75, 3.05) is 21.3 Å². The number of nitrogens with zero attached hydrogens (tertiary/aromatic N) is 1. The van der Waals surface area contributed by atoms with Crippen molar-refractivity contribution < 1.29 is 14.3 Å². The van der Waals surface area contributed by atoms with Crippen molar-refractivity contribution in [2.24, 2.45) is 0 Å². The number of hydrogen-bond acceptors (Lipinski definition) is 4. The quantitative estimate of drug-likeness (QED) is 0.801. The molecule has 0 unspecified atom stereocenters. The minimum Gasteiger partial charge on any atom is -0.497 e. The molecule has 0 spiro atoms. The smallest absolute Gasteiger partial charge is 0.237 e. The molecule has 0 aromatic heterocycles. The normalized spacial score (nSPS) is 11.9. The van der Waals surface area contributed by atoms with Crippen LogP contribution in [0.1, 0.15) is 18.1 Å². The van der Waals surface area contributed by atoms with Gasteiger partial charge in [-0.25, -0.2) is 0 Å². The number of methoxy groups -OCH3 is 2. The fraction of sp³-hybridized carbons (Fsp3) is 0.350. The third-order valence-corrected chi connectivity index (χ3v) is 4.26. The highest BCUT2D eigenvalue weighted by atomic mass is 16.5. The van der Waals surface area contributed by atoms with Crippen molar-refractivity contribution in [3.63, 3.8) is 0 Å². The van der Waals surface area contributed by atoms with Crippen LogP contribution in [-0.2, 0) is 17.9 Å². The summed E-state index contributed by atoms with van der Waals surface area (Å²) in [6, 6.07) is 15.3. The molecule has 0 aliphatic rings. The standard InChI is InChI=1S/C20H26N2O3/c1-15(22(2)14-17-7-11-19(25-4)12-8-17)20(23)21-13-16-5-9-18(24-3)10-6-16/h5-12,15H,13-14H2,1-4H3,(H,21,23)/t15-/m0/s1. The minimum atomic E-state index is -0.222. The first-order valence-electron chi connectivity index (χ1n) is 8.27. The van der Waals surface area contributed by atoms with Gasteiger partial charge in [-0.2, -0.15) is 0 Å². The number of rotatable bonds is 8. The van der Waals surface area contributed by atoms with Gasteiger partial charge in [0.15, 0.2) is 0 Å². The molecule has 0 saturated heterocycles. The molecule has 1 N–H and O–H groups in total. The third-order valence-electron chi connectivity index (χ3n) is 4.26. The second kappa shape index (κ2) is 9.08. The first kappa shape index (κ1) is 18.8. The highest BCUT2D eigenvalue weighted by molar-refractivity contribution is 5.81. The Kier molecular flexibility index (Phi) is 6.83. The van der Waals surface area contributed by atoms with E-state index in [0.717, 1.165) is 22.6 Å². The van der Waals surface area contributed by atoms with Gasteiger partial charge in [0.05, 0.1) is 20.3 Å². The van der Waals surface area contributed by atoms with Gasteiger partial charge >= 0.3 is 0 Å². The number of benzene rings is 2. The van der Waals surface area contributed by atoms with Crippen molar-refractivity contribution >= 4 is 5.91 Å². The summed E-state index contributed by atoms with van der Waals surface area (Å²) in [5.74, 6) is 1.64. The van der Waals surface area contributed by atoms with E-state index in [-0.39, 0.29) is 11.9 Å². The zero-order chi connectivity index (χ0) is 18.2. The van der Waals surface area contributed by atoms with Gasteiger partial charge in [0, 0.05) is 13.1 Å². The molecule has 0 saturated carbocycles. The first-order chi connectivity index (χ1) is 12.0. The van der Waals surface area contributed by atoms with Crippen LogP contribution in [0.2, 0.25) is 0 Å². The summed E-state index contributed by atoms with van der Waals surface area (Å²) in [7, 11) is 5.23. The lowest BCUT2D eigenvalue weighted by molar-refractivity contribution is -0.125. The fourth-order valence-corrected chi connectivity index (χ4v) is 2.44. The van der Waals surface area contributed by atoms with Crippen molar-refractivity contribution in [1.82, 2.24) is 10.2 Å². The maximum Gasteiger partial charge on any atom is 0.237 e. The second-order valence-corrected chi connectivity index (χ2v) is 6.01. The molecule has 2 rings (SSSR count). The van der Waals surface area contributed by atoms with E-state index < -0.39 is 0 Å². The number of hydrogen-bond donors (Lipinski definition) is 1. The van der Waals surface area contributed by atoms with E-state index in [1.54, 1.807) is 14.2 Å². The average Bonchev–Trinajstić information content (AvgIpc) is 2.66. The van der Waals surface area contributed by atoms with Crippen LogP contribution in [0.5, 0.6) is 11.5 Å². The van der Waals surface area contributed by atoms with Crippen LogP contribution < -0.4 is 14.8 Å². The number of likely N-dealkylation sites (N-methyl/N-ethyl adjacent to an activating group) is 1. The van der Waals surface area contributed by atoms with Crippen LogP contribution in [0.25, 0.3) is 0 Å². The lowest BCUT2D eigenvalue weighted by Gasteiger charge is -2.24. The van der Waals surface area contributed by atoms with Crippen LogP contribution in [0.3, 0.4) is 0 Å². The molecule has 134 valence electrons. The maximum absolute atomic E-state index is 12.4. The second-order valence-electron chi connectivity index (χ2n) is 6.01. The molecule has 5 nitrogen and oxygen atoms in total. The molecule has 0 radical (unpaired) electrons. The molecule has 1 atom stereocenters. The Hall–Kier alpha value is -2.53. The van der Waals surface area contributed by atoms with Crippen LogP contribution >= 0.6 is 0 Å². The molecule has 0 bridgehead atoms. The molecule has 0 aliphatic carbocycles. The van der Waals surface area contributed by atoms with Gasteiger partial charge in [-0.3, -0.25) is 9.69 Å². The summed E-state index contributed by atoms with van der Waals surface area (Å²) >= 11 is 0. The number of carbonyl (C=O) groups is 1. The van der Waals surface area contributed by atoms with E-state index in [2.05, 4.69) is 5.32 Å². The zero-order valence-electron chi connectivity index (χ0n) is 15.3. The van der Waals surface area contributed by atoms with E-state index in [4.69, 9.17) is 9.47 Å². The summed E-state index contributed by atoms with van der Waals surface area (Å²) < 4.78 is 10.3. The fourth-order valence-electron chi connectivity index (χ4n) is 2.44. The Balaban J connectivity index is 1.84.